The van der Waals surface area contributed by atoms with Crippen LogP contribution in [0, 0.1) is 13.0 Å². The van der Waals surface area contributed by atoms with E-state index in [4.69, 9.17) is 0 Å². The largest absolute Gasteiger partial charge is 0.429 e. The van der Waals surface area contributed by atoms with Gasteiger partial charge in [0.1, 0.15) is 5.82 Å². The summed E-state index contributed by atoms with van der Waals surface area (Å²) in [7, 11) is 0. The van der Waals surface area contributed by atoms with Gasteiger partial charge in [-0.15, -0.1) is 29.1 Å². The number of halogens is 3. The third-order valence-electron chi connectivity index (χ3n) is 5.06. The van der Waals surface area contributed by atoms with Crippen molar-refractivity contribution in [2.24, 2.45) is 0 Å². The molecule has 2 aromatic carbocycles. The maximum absolute atomic E-state index is 12.1. The van der Waals surface area contributed by atoms with Gasteiger partial charge in [0.2, 0.25) is 0 Å². The molecule has 0 aliphatic rings. The quantitative estimate of drug-likeness (QED) is 0.224. The molecule has 6 nitrogen and oxygen atoms in total. The molecule has 0 spiro atoms. The zero-order valence-corrected chi connectivity index (χ0v) is 21.8. The molecular weight excluding hydrogens is 646 g/mol. The fourth-order valence-corrected chi connectivity index (χ4v) is 3.47. The second kappa shape index (κ2) is 12.0. The molecule has 187 valence electrons. The molecule has 0 aliphatic carbocycles. The van der Waals surface area contributed by atoms with Crippen LogP contribution >= 0.6 is 0 Å². The topological polar surface area (TPSA) is 78.5 Å². The molecule has 5 aromatic rings. The number of aryl methyl sites for hydroxylation is 2. The van der Waals surface area contributed by atoms with E-state index in [-0.39, 0.29) is 31.6 Å². The number of hydrogen-bond acceptors (Lipinski definition) is 5. The molecule has 0 N–H and O–H groups in total. The zero-order valence-electron chi connectivity index (χ0n) is 19.4. The Kier molecular flexibility index (Phi) is 9.01. The molecule has 0 atom stereocenters. The van der Waals surface area contributed by atoms with Gasteiger partial charge in [-0.25, -0.2) is 0 Å². The summed E-state index contributed by atoms with van der Waals surface area (Å²) in [6, 6.07) is 20.5. The third-order valence-corrected chi connectivity index (χ3v) is 5.06. The van der Waals surface area contributed by atoms with Crippen molar-refractivity contribution in [3.05, 3.63) is 90.3 Å². The van der Waals surface area contributed by atoms with Crippen LogP contribution in [0.15, 0.2) is 67.0 Å². The molecule has 36 heavy (non-hydrogen) atoms. The first kappa shape index (κ1) is 27.1. The number of hydrogen-bond donors (Lipinski definition) is 0. The van der Waals surface area contributed by atoms with Crippen molar-refractivity contribution >= 4 is 10.8 Å². The van der Waals surface area contributed by atoms with Gasteiger partial charge in [0.25, 0.3) is 0 Å². The fourth-order valence-electron chi connectivity index (χ4n) is 3.47. The Bertz CT molecular complexity index is 1420. The normalized spacial score (nSPS) is 10.9. The van der Waals surface area contributed by atoms with Gasteiger partial charge in [-0.1, -0.05) is 49.1 Å². The van der Waals surface area contributed by atoms with Crippen molar-refractivity contribution in [2.75, 3.05) is 0 Å². The van der Waals surface area contributed by atoms with Gasteiger partial charge in [0, 0.05) is 43.9 Å². The minimum atomic E-state index is -4.57. The van der Waals surface area contributed by atoms with Crippen LogP contribution in [0.5, 0.6) is 0 Å². The Labute approximate surface area is 219 Å². The van der Waals surface area contributed by atoms with Crippen molar-refractivity contribution in [2.45, 2.75) is 32.9 Å². The van der Waals surface area contributed by atoms with Gasteiger partial charge in [0.15, 0.2) is 0 Å². The maximum Gasteiger partial charge on any atom is 0.429 e. The molecule has 0 aliphatic heterocycles. The Hall–Kier alpha value is -3.49. The predicted octanol–water partition coefficient (Wildman–Crippen LogP) is 5.87. The first-order valence-electron chi connectivity index (χ1n) is 10.9. The summed E-state index contributed by atoms with van der Waals surface area (Å²) in [6.45, 7) is 4.18. The average Bonchev–Trinajstić information content (AvgIpc) is 3.37. The number of alkyl halides is 3. The van der Waals surface area contributed by atoms with Crippen molar-refractivity contribution < 1.29 is 33.3 Å². The van der Waals surface area contributed by atoms with Crippen molar-refractivity contribution in [1.82, 2.24) is 30.1 Å². The second-order valence-electron chi connectivity index (χ2n) is 7.66. The number of pyridine rings is 1. The molecule has 5 rings (SSSR count). The third kappa shape index (κ3) is 6.38. The van der Waals surface area contributed by atoms with E-state index in [1.54, 1.807) is 12.1 Å². The Morgan fingerprint density at radius 2 is 1.75 bits per heavy atom. The van der Waals surface area contributed by atoms with E-state index in [1.807, 2.05) is 25.3 Å². The van der Waals surface area contributed by atoms with E-state index in [9.17, 15) is 13.2 Å². The SMILES string of the molecule is CCCc1cnc(-c2[c-]ccc3ccccc23)c(C)n1.FC(F)(F)c1n[n-]c(-c2ccccn2)n1.[Ir]. The van der Waals surface area contributed by atoms with Crippen LogP contribution in [0.3, 0.4) is 0 Å². The Balaban J connectivity index is 0.000000203. The van der Waals surface area contributed by atoms with Gasteiger partial charge in [-0.3, -0.25) is 15.1 Å². The van der Waals surface area contributed by atoms with Crippen LogP contribution in [0.4, 0.5) is 13.2 Å². The monoisotopic (exact) mass is 667 g/mol. The Morgan fingerprint density at radius 3 is 2.42 bits per heavy atom. The number of rotatable bonds is 4. The van der Waals surface area contributed by atoms with Crippen molar-refractivity contribution in [1.29, 1.82) is 0 Å². The van der Waals surface area contributed by atoms with Crippen LogP contribution in [0.2, 0.25) is 0 Å². The molecule has 1 radical (unpaired) electrons. The molecule has 3 aromatic heterocycles. The van der Waals surface area contributed by atoms with E-state index < -0.39 is 12.0 Å². The van der Waals surface area contributed by atoms with Gasteiger partial charge in [-0.05, 0) is 31.3 Å². The molecule has 0 unspecified atom stereocenters. The zero-order chi connectivity index (χ0) is 24.8. The molecule has 0 amide bonds. The summed E-state index contributed by atoms with van der Waals surface area (Å²) >= 11 is 0. The maximum atomic E-state index is 12.1. The summed E-state index contributed by atoms with van der Waals surface area (Å²) in [4.78, 5) is 16.3. The molecular formula is C26H21F3IrN6-2. The average molecular weight is 667 g/mol. The summed E-state index contributed by atoms with van der Waals surface area (Å²) in [5.74, 6) is -1.37. The number of nitrogens with zero attached hydrogens (tertiary/aromatic N) is 6. The van der Waals surface area contributed by atoms with Crippen LogP contribution < -0.4 is 5.10 Å². The Morgan fingerprint density at radius 1 is 0.972 bits per heavy atom. The number of aromatic nitrogens is 6. The summed E-state index contributed by atoms with van der Waals surface area (Å²) < 4.78 is 36.4. The second-order valence-corrected chi connectivity index (χ2v) is 7.66. The van der Waals surface area contributed by atoms with E-state index in [0.717, 1.165) is 35.5 Å². The van der Waals surface area contributed by atoms with Crippen LogP contribution in [-0.4, -0.2) is 25.0 Å². The first-order valence-corrected chi connectivity index (χ1v) is 10.9. The van der Waals surface area contributed by atoms with Gasteiger partial charge in [-0.2, -0.15) is 13.2 Å². The van der Waals surface area contributed by atoms with Gasteiger partial charge in [0.05, 0.1) is 11.4 Å². The van der Waals surface area contributed by atoms with Crippen LogP contribution in [-0.2, 0) is 32.7 Å². The van der Waals surface area contributed by atoms with E-state index >= 15 is 0 Å². The molecule has 0 saturated carbocycles. The standard InChI is InChI=1S/C18H17N2.C8H4F3N4.Ir/c1-3-7-15-12-19-18(13(2)20-15)17-11-6-9-14-8-4-5-10-16(14)17;9-8(10,11)7-13-6(14-15-7)5-3-1-2-4-12-5;/h4-6,8-10,12H,3,7H2,1-2H3;1-4H;/q2*-1;. The summed E-state index contributed by atoms with van der Waals surface area (Å²) in [5, 5.41) is 8.63. The van der Waals surface area contributed by atoms with Crippen LogP contribution in [0.25, 0.3) is 33.5 Å². The van der Waals surface area contributed by atoms with Crippen molar-refractivity contribution in [3.63, 3.8) is 0 Å². The van der Waals surface area contributed by atoms with E-state index in [2.05, 4.69) is 67.4 Å². The predicted molar refractivity (Wildman–Crippen MR) is 126 cm³/mol. The molecule has 10 heteroatoms. The van der Waals surface area contributed by atoms with Crippen LogP contribution in [0.1, 0.15) is 30.6 Å². The van der Waals surface area contributed by atoms with Gasteiger partial charge < -0.3 is 15.1 Å². The minimum Gasteiger partial charge on any atom is -0.413 e. The number of fused-ring (bicyclic) bond motifs is 1. The van der Waals surface area contributed by atoms with Crippen molar-refractivity contribution in [3.8, 4) is 22.8 Å². The molecule has 0 bridgehead atoms. The van der Waals surface area contributed by atoms with Gasteiger partial charge >= 0.3 is 6.18 Å². The molecule has 0 saturated heterocycles. The first-order chi connectivity index (χ1) is 16.9. The molecule has 3 heterocycles. The van der Waals surface area contributed by atoms with E-state index in [1.165, 1.54) is 23.0 Å². The number of benzene rings is 2. The fraction of sp³-hybridized carbons (Fsp3) is 0.192. The summed E-state index contributed by atoms with van der Waals surface area (Å²) in [5.41, 5.74) is 4.27. The summed E-state index contributed by atoms with van der Waals surface area (Å²) in [6.07, 6.45) is 0.835. The smallest absolute Gasteiger partial charge is 0.413 e. The minimum absolute atomic E-state index is 0. The van der Waals surface area contributed by atoms with E-state index in [0.29, 0.717) is 0 Å². The molecule has 0 fully saturated rings.